The summed E-state index contributed by atoms with van der Waals surface area (Å²) in [4.78, 5) is 20.7. The molecule has 7 heteroatoms. The highest BCUT2D eigenvalue weighted by Gasteiger charge is 2.15. The van der Waals surface area contributed by atoms with E-state index in [-0.39, 0.29) is 18.8 Å². The Morgan fingerprint density at radius 1 is 1.59 bits per heavy atom. The fourth-order valence-electron chi connectivity index (χ4n) is 1.38. The van der Waals surface area contributed by atoms with Gasteiger partial charge in [0.2, 0.25) is 0 Å². The lowest BCUT2D eigenvalue weighted by atomic mass is 10.1. The number of nitrogens with two attached hydrogens (primary N) is 1. The van der Waals surface area contributed by atoms with Gasteiger partial charge in [-0.15, -0.1) is 0 Å². The second-order valence-corrected chi connectivity index (χ2v) is 3.32. The zero-order valence-corrected chi connectivity index (χ0v) is 9.30. The lowest BCUT2D eigenvalue weighted by Crippen LogP contribution is -2.18. The highest BCUT2D eigenvalue weighted by atomic mass is 16.6. The number of anilines is 1. The van der Waals surface area contributed by atoms with Crippen LogP contribution in [0.3, 0.4) is 0 Å². The van der Waals surface area contributed by atoms with Gasteiger partial charge in [0.1, 0.15) is 12.3 Å². The first-order valence-electron chi connectivity index (χ1n) is 4.92. The number of ether oxygens (including phenoxy) is 1. The van der Waals surface area contributed by atoms with E-state index in [0.29, 0.717) is 11.3 Å². The minimum absolute atomic E-state index is 0.0200. The fraction of sp³-hybridized carbons (Fsp3) is 0.300. The van der Waals surface area contributed by atoms with Crippen molar-refractivity contribution in [3.8, 4) is 0 Å². The maximum Gasteiger partial charge on any atom is 0.404 e. The van der Waals surface area contributed by atoms with Crippen LogP contribution < -0.4 is 11.1 Å². The molecule has 0 saturated carbocycles. The Bertz CT molecular complexity index is 434. The Morgan fingerprint density at radius 3 is 2.88 bits per heavy atom. The Kier molecular flexibility index (Phi) is 4.27. The molecule has 0 aliphatic heterocycles. The average Bonchev–Trinajstić information content (AvgIpc) is 2.23. The number of nitrogens with zero attached hydrogens (tertiary/aromatic N) is 1. The molecule has 0 spiro atoms. The van der Waals surface area contributed by atoms with Crippen molar-refractivity contribution in [1.29, 1.82) is 0 Å². The molecule has 0 saturated heterocycles. The van der Waals surface area contributed by atoms with Crippen LogP contribution in [-0.2, 0) is 4.74 Å². The zero-order chi connectivity index (χ0) is 12.8. The Labute approximate surface area is 97.7 Å². The molecule has 7 nitrogen and oxygen atoms in total. The molecule has 0 aliphatic rings. The molecule has 0 bridgehead atoms. The number of nitrogens with one attached hydrogen (secondary N) is 1. The number of primary amides is 1. The van der Waals surface area contributed by atoms with Crippen LogP contribution in [0.4, 0.5) is 16.2 Å². The predicted molar refractivity (Wildman–Crippen MR) is 61.9 cm³/mol. The number of nitro groups is 1. The second kappa shape index (κ2) is 5.69. The fourth-order valence-corrected chi connectivity index (χ4v) is 1.38. The van der Waals surface area contributed by atoms with Gasteiger partial charge in [-0.05, 0) is 13.0 Å². The van der Waals surface area contributed by atoms with Crippen LogP contribution in [0.1, 0.15) is 5.56 Å². The summed E-state index contributed by atoms with van der Waals surface area (Å²) in [6.45, 7) is 1.97. The molecule has 1 amide bonds. The summed E-state index contributed by atoms with van der Waals surface area (Å²) in [5.41, 5.74) is 5.75. The molecule has 92 valence electrons. The van der Waals surface area contributed by atoms with E-state index in [0.717, 1.165) is 0 Å². The van der Waals surface area contributed by atoms with E-state index in [1.54, 1.807) is 25.1 Å². The number of hydrogen-bond donors (Lipinski definition) is 2. The zero-order valence-electron chi connectivity index (χ0n) is 9.30. The highest BCUT2D eigenvalue weighted by Crippen LogP contribution is 2.27. The quantitative estimate of drug-likeness (QED) is 0.459. The predicted octanol–water partition coefficient (Wildman–Crippen LogP) is 1.41. The van der Waals surface area contributed by atoms with E-state index < -0.39 is 11.0 Å². The van der Waals surface area contributed by atoms with Crippen LogP contribution in [0.25, 0.3) is 0 Å². The first kappa shape index (κ1) is 12.8. The molecule has 1 aromatic carbocycles. The number of benzene rings is 1. The van der Waals surface area contributed by atoms with Crippen molar-refractivity contribution in [3.05, 3.63) is 33.9 Å². The third-order valence-corrected chi connectivity index (χ3v) is 2.08. The van der Waals surface area contributed by atoms with Crippen molar-refractivity contribution in [2.45, 2.75) is 6.92 Å². The van der Waals surface area contributed by atoms with Crippen LogP contribution in [0, 0.1) is 17.0 Å². The number of hydrogen-bond acceptors (Lipinski definition) is 5. The summed E-state index contributed by atoms with van der Waals surface area (Å²) >= 11 is 0. The third kappa shape index (κ3) is 3.63. The van der Waals surface area contributed by atoms with Gasteiger partial charge >= 0.3 is 6.09 Å². The number of carbonyl (C=O) groups is 1. The van der Waals surface area contributed by atoms with E-state index >= 15 is 0 Å². The van der Waals surface area contributed by atoms with Crippen LogP contribution in [0.15, 0.2) is 18.2 Å². The molecule has 0 aliphatic carbocycles. The minimum Gasteiger partial charge on any atom is -0.448 e. The van der Waals surface area contributed by atoms with E-state index in [2.05, 4.69) is 10.1 Å². The van der Waals surface area contributed by atoms with E-state index in [1.165, 1.54) is 0 Å². The van der Waals surface area contributed by atoms with Gasteiger partial charge < -0.3 is 15.8 Å². The molecular weight excluding hydrogens is 226 g/mol. The standard InChI is InChI=1S/C10H13N3O4/c1-7-3-2-4-8(9(7)13(15)16)12-5-6-17-10(11)14/h2-4,12H,5-6H2,1H3,(H2,11,14). The van der Waals surface area contributed by atoms with Crippen molar-refractivity contribution in [2.24, 2.45) is 5.73 Å². The Morgan fingerprint density at radius 2 is 2.29 bits per heavy atom. The van der Waals surface area contributed by atoms with Crippen molar-refractivity contribution in [1.82, 2.24) is 0 Å². The largest absolute Gasteiger partial charge is 0.448 e. The molecular formula is C10H13N3O4. The topological polar surface area (TPSA) is 107 Å². The van der Waals surface area contributed by atoms with Gasteiger partial charge in [0, 0.05) is 12.1 Å². The summed E-state index contributed by atoms with van der Waals surface area (Å²) in [5.74, 6) is 0. The number of amides is 1. The van der Waals surface area contributed by atoms with Gasteiger partial charge in [-0.25, -0.2) is 4.79 Å². The molecule has 1 rings (SSSR count). The van der Waals surface area contributed by atoms with Crippen LogP contribution in [0.2, 0.25) is 0 Å². The summed E-state index contributed by atoms with van der Waals surface area (Å²) in [5, 5.41) is 13.7. The molecule has 0 radical (unpaired) electrons. The van der Waals surface area contributed by atoms with Crippen LogP contribution >= 0.6 is 0 Å². The number of para-hydroxylation sites is 1. The van der Waals surface area contributed by atoms with Gasteiger partial charge in [0.05, 0.1) is 4.92 Å². The summed E-state index contributed by atoms with van der Waals surface area (Å²) < 4.78 is 4.50. The smallest absolute Gasteiger partial charge is 0.404 e. The average molecular weight is 239 g/mol. The van der Waals surface area contributed by atoms with E-state index in [4.69, 9.17) is 5.73 Å². The van der Waals surface area contributed by atoms with Gasteiger partial charge in [0.15, 0.2) is 0 Å². The van der Waals surface area contributed by atoms with Gasteiger partial charge in [-0.3, -0.25) is 10.1 Å². The monoisotopic (exact) mass is 239 g/mol. The molecule has 1 aromatic rings. The third-order valence-electron chi connectivity index (χ3n) is 2.08. The number of rotatable bonds is 5. The summed E-state index contributed by atoms with van der Waals surface area (Å²) in [7, 11) is 0. The Balaban J connectivity index is 2.67. The molecule has 0 heterocycles. The lowest BCUT2D eigenvalue weighted by molar-refractivity contribution is -0.384. The van der Waals surface area contributed by atoms with Crippen LogP contribution in [-0.4, -0.2) is 24.2 Å². The normalized spacial score (nSPS) is 9.71. The number of nitro benzene ring substituents is 1. The highest BCUT2D eigenvalue weighted by molar-refractivity contribution is 5.65. The van der Waals surface area contributed by atoms with Crippen LogP contribution in [0.5, 0.6) is 0 Å². The Hall–Kier alpha value is -2.31. The van der Waals surface area contributed by atoms with E-state index in [9.17, 15) is 14.9 Å². The second-order valence-electron chi connectivity index (χ2n) is 3.32. The maximum absolute atomic E-state index is 10.8. The minimum atomic E-state index is -0.870. The van der Waals surface area contributed by atoms with Crippen molar-refractivity contribution >= 4 is 17.5 Å². The van der Waals surface area contributed by atoms with Gasteiger partial charge in [-0.2, -0.15) is 0 Å². The lowest BCUT2D eigenvalue weighted by Gasteiger charge is -2.08. The first-order chi connectivity index (χ1) is 8.02. The molecule has 0 atom stereocenters. The first-order valence-corrected chi connectivity index (χ1v) is 4.92. The van der Waals surface area contributed by atoms with E-state index in [1.807, 2.05) is 0 Å². The molecule has 3 N–H and O–H groups in total. The van der Waals surface area contributed by atoms with Gasteiger partial charge in [0.25, 0.3) is 5.69 Å². The van der Waals surface area contributed by atoms with Gasteiger partial charge in [-0.1, -0.05) is 12.1 Å². The molecule has 17 heavy (non-hydrogen) atoms. The number of carbonyl (C=O) groups excluding carboxylic acids is 1. The van der Waals surface area contributed by atoms with Crippen molar-refractivity contribution in [3.63, 3.8) is 0 Å². The SMILES string of the molecule is Cc1cccc(NCCOC(N)=O)c1[N+](=O)[O-]. The summed E-state index contributed by atoms with van der Waals surface area (Å²) in [6, 6.07) is 4.96. The van der Waals surface area contributed by atoms with Crippen molar-refractivity contribution in [2.75, 3.05) is 18.5 Å². The molecule has 0 unspecified atom stereocenters. The molecule has 0 aromatic heterocycles. The number of aryl methyl sites for hydroxylation is 1. The molecule has 0 fully saturated rings. The maximum atomic E-state index is 10.8. The summed E-state index contributed by atoms with van der Waals surface area (Å²) in [6.07, 6.45) is -0.870. The van der Waals surface area contributed by atoms with Crippen molar-refractivity contribution < 1.29 is 14.5 Å².